The number of aromatic nitrogens is 2. The molecule has 0 aliphatic heterocycles. The van der Waals surface area contributed by atoms with Crippen LogP contribution in [-0.4, -0.2) is 9.55 Å². The van der Waals surface area contributed by atoms with E-state index in [2.05, 4.69) is 4.98 Å². The first kappa shape index (κ1) is 4.33. The highest BCUT2D eigenvalue weighted by Gasteiger charge is 1.79. The molecule has 0 atom stereocenters. The Morgan fingerprint density at radius 3 is 2.86 bits per heavy atom. The molecule has 0 fully saturated rings. The zero-order valence-electron chi connectivity index (χ0n) is 3.74. The normalized spacial score (nSPS) is 9.29. The lowest BCUT2D eigenvalue weighted by molar-refractivity contribution is 0.119. The van der Waals surface area contributed by atoms with Crippen LogP contribution in [0, 0.1) is 0 Å². The minimum Gasteiger partial charge on any atom is -0.311 e. The minimum absolute atomic E-state index is 0.236. The van der Waals surface area contributed by atoms with E-state index in [-0.39, 0.29) is 6.73 Å². The van der Waals surface area contributed by atoms with Crippen LogP contribution in [0.25, 0.3) is 0 Å². The van der Waals surface area contributed by atoms with Crippen molar-refractivity contribution in [3.05, 3.63) is 18.7 Å². The maximum absolute atomic E-state index is 9.92. The molecule has 0 amide bonds. The third-order valence-corrected chi connectivity index (χ3v) is 0.708. The van der Waals surface area contributed by atoms with E-state index in [1.54, 1.807) is 12.4 Å². The smallest absolute Gasteiger partial charge is 0.158 e. The van der Waals surface area contributed by atoms with E-state index in [1.807, 2.05) is 0 Å². The van der Waals surface area contributed by atoms with E-state index in [4.69, 9.17) is 0 Å². The van der Waals surface area contributed by atoms with Crippen molar-refractivity contribution in [2.75, 3.05) is 0 Å². The van der Waals surface area contributed by atoms with Gasteiger partial charge in [-0.3, -0.25) is 0 Å². The SMILES string of the molecule is [O]Cn1ccnc1. The summed E-state index contributed by atoms with van der Waals surface area (Å²) in [5.41, 5.74) is 0. The molecule has 0 aliphatic rings. The van der Waals surface area contributed by atoms with Gasteiger partial charge in [0.2, 0.25) is 0 Å². The molecule has 1 rings (SSSR count). The van der Waals surface area contributed by atoms with Gasteiger partial charge < -0.3 is 4.57 Å². The summed E-state index contributed by atoms with van der Waals surface area (Å²) in [6.07, 6.45) is 4.71. The Morgan fingerprint density at radius 1 is 1.71 bits per heavy atom. The van der Waals surface area contributed by atoms with Crippen LogP contribution >= 0.6 is 0 Å². The van der Waals surface area contributed by atoms with Crippen LogP contribution < -0.4 is 0 Å². The van der Waals surface area contributed by atoms with Crippen LogP contribution in [0.15, 0.2) is 18.7 Å². The highest BCUT2D eigenvalue weighted by atomic mass is 16.3. The van der Waals surface area contributed by atoms with Crippen molar-refractivity contribution in [2.45, 2.75) is 6.73 Å². The predicted molar refractivity (Wildman–Crippen MR) is 22.9 cm³/mol. The van der Waals surface area contributed by atoms with Crippen molar-refractivity contribution >= 4 is 0 Å². The van der Waals surface area contributed by atoms with Crippen molar-refractivity contribution in [1.82, 2.24) is 9.55 Å². The monoisotopic (exact) mass is 97.0 g/mol. The van der Waals surface area contributed by atoms with Crippen LogP contribution in [0.5, 0.6) is 0 Å². The van der Waals surface area contributed by atoms with Crippen LogP contribution in [0.3, 0.4) is 0 Å². The molecule has 1 aromatic heterocycles. The molecule has 0 aliphatic carbocycles. The van der Waals surface area contributed by atoms with E-state index in [9.17, 15) is 5.11 Å². The van der Waals surface area contributed by atoms with Gasteiger partial charge in [0, 0.05) is 12.4 Å². The molecule has 1 radical (unpaired) electrons. The lowest BCUT2D eigenvalue weighted by Gasteiger charge is -1.84. The molecule has 0 saturated heterocycles. The summed E-state index contributed by atoms with van der Waals surface area (Å²) >= 11 is 0. The van der Waals surface area contributed by atoms with E-state index < -0.39 is 0 Å². The van der Waals surface area contributed by atoms with Crippen molar-refractivity contribution in [1.29, 1.82) is 0 Å². The molecule has 0 saturated carbocycles. The lowest BCUT2D eigenvalue weighted by Crippen LogP contribution is -1.87. The van der Waals surface area contributed by atoms with Gasteiger partial charge in [0.05, 0.1) is 6.33 Å². The summed E-state index contributed by atoms with van der Waals surface area (Å²) < 4.78 is 1.46. The maximum Gasteiger partial charge on any atom is 0.158 e. The molecule has 1 heterocycles. The van der Waals surface area contributed by atoms with Crippen LogP contribution in [0.1, 0.15) is 0 Å². The van der Waals surface area contributed by atoms with Gasteiger partial charge in [-0.1, -0.05) is 0 Å². The zero-order chi connectivity index (χ0) is 5.11. The van der Waals surface area contributed by atoms with Crippen LogP contribution in [-0.2, 0) is 11.8 Å². The van der Waals surface area contributed by atoms with Crippen molar-refractivity contribution in [3.8, 4) is 0 Å². The molecule has 0 N–H and O–H groups in total. The molecule has 0 aromatic carbocycles. The average molecular weight is 97.1 g/mol. The topological polar surface area (TPSA) is 37.7 Å². The first-order valence-corrected chi connectivity index (χ1v) is 1.97. The fraction of sp³-hybridized carbons (Fsp3) is 0.250. The second kappa shape index (κ2) is 1.75. The molecule has 7 heavy (non-hydrogen) atoms. The number of hydrogen-bond donors (Lipinski definition) is 0. The summed E-state index contributed by atoms with van der Waals surface area (Å²) in [7, 11) is 0. The van der Waals surface area contributed by atoms with E-state index in [0.717, 1.165) is 0 Å². The van der Waals surface area contributed by atoms with Gasteiger partial charge in [0.15, 0.2) is 6.73 Å². The third kappa shape index (κ3) is 0.778. The summed E-state index contributed by atoms with van der Waals surface area (Å²) in [6, 6.07) is 0. The second-order valence-corrected chi connectivity index (χ2v) is 1.21. The van der Waals surface area contributed by atoms with E-state index in [1.165, 1.54) is 10.9 Å². The van der Waals surface area contributed by atoms with Crippen LogP contribution in [0.4, 0.5) is 0 Å². The molecule has 3 nitrogen and oxygen atoms in total. The molecule has 0 bridgehead atoms. The van der Waals surface area contributed by atoms with Crippen molar-refractivity contribution < 1.29 is 5.11 Å². The lowest BCUT2D eigenvalue weighted by atomic mass is 10.9. The van der Waals surface area contributed by atoms with Gasteiger partial charge in [-0.25, -0.2) is 10.1 Å². The molecule has 0 unspecified atom stereocenters. The highest BCUT2D eigenvalue weighted by molar-refractivity contribution is 4.71. The largest absolute Gasteiger partial charge is 0.311 e. The summed E-state index contributed by atoms with van der Waals surface area (Å²) in [5, 5.41) is 9.92. The highest BCUT2D eigenvalue weighted by Crippen LogP contribution is 1.79. The Balaban J connectivity index is 2.76. The standard InChI is InChI=1S/C4H5N2O/c7-4-6-2-1-5-3-6/h1-3H,4H2. The molecule has 3 heteroatoms. The van der Waals surface area contributed by atoms with Crippen molar-refractivity contribution in [2.24, 2.45) is 0 Å². The Hall–Kier alpha value is -0.830. The Labute approximate surface area is 41.2 Å². The Bertz CT molecular complexity index is 124. The van der Waals surface area contributed by atoms with Gasteiger partial charge in [0.1, 0.15) is 0 Å². The first-order valence-electron chi connectivity index (χ1n) is 1.97. The number of nitrogens with zero attached hydrogens (tertiary/aromatic N) is 2. The van der Waals surface area contributed by atoms with Gasteiger partial charge >= 0.3 is 0 Å². The number of rotatable bonds is 1. The summed E-state index contributed by atoms with van der Waals surface area (Å²) in [6.45, 7) is -0.236. The summed E-state index contributed by atoms with van der Waals surface area (Å²) in [5.74, 6) is 0. The van der Waals surface area contributed by atoms with E-state index >= 15 is 0 Å². The van der Waals surface area contributed by atoms with Crippen LogP contribution in [0.2, 0.25) is 0 Å². The molecular weight excluding hydrogens is 92.1 g/mol. The number of hydrogen-bond acceptors (Lipinski definition) is 1. The second-order valence-electron chi connectivity index (χ2n) is 1.21. The number of imidazole rings is 1. The summed E-state index contributed by atoms with van der Waals surface area (Å²) in [4.78, 5) is 3.66. The van der Waals surface area contributed by atoms with Gasteiger partial charge in [-0.2, -0.15) is 0 Å². The molecule has 37 valence electrons. The average Bonchev–Trinajstić information content (AvgIpc) is 2.14. The van der Waals surface area contributed by atoms with Crippen molar-refractivity contribution in [3.63, 3.8) is 0 Å². The van der Waals surface area contributed by atoms with Gasteiger partial charge in [-0.15, -0.1) is 0 Å². The quantitative estimate of drug-likeness (QED) is 0.495. The Kier molecular flexibility index (Phi) is 1.08. The maximum atomic E-state index is 9.92. The third-order valence-electron chi connectivity index (χ3n) is 0.708. The molecule has 0 spiro atoms. The van der Waals surface area contributed by atoms with Gasteiger partial charge in [-0.05, 0) is 0 Å². The molecular formula is C4H5N2O. The fourth-order valence-corrected chi connectivity index (χ4v) is 0.363. The van der Waals surface area contributed by atoms with Gasteiger partial charge in [0.25, 0.3) is 0 Å². The molecule has 1 aromatic rings. The minimum atomic E-state index is -0.236. The zero-order valence-corrected chi connectivity index (χ0v) is 3.74. The Morgan fingerprint density at radius 2 is 2.57 bits per heavy atom. The van der Waals surface area contributed by atoms with E-state index in [0.29, 0.717) is 0 Å². The first-order chi connectivity index (χ1) is 3.43. The fourth-order valence-electron chi connectivity index (χ4n) is 0.363. The predicted octanol–water partition coefficient (Wildman–Crippen LogP) is 0.271.